The molecule has 10 heteroatoms. The summed E-state index contributed by atoms with van der Waals surface area (Å²) in [6.45, 7) is 12.3. The van der Waals surface area contributed by atoms with Crippen molar-refractivity contribution < 1.29 is 37.9 Å². The maximum absolute atomic E-state index is 6.40. The molecule has 10 nitrogen and oxygen atoms in total. The third-order valence-electron chi connectivity index (χ3n) is 22.8. The second kappa shape index (κ2) is 30.1. The molecule has 4 atom stereocenters. The van der Waals surface area contributed by atoms with Crippen LogP contribution in [0.3, 0.4) is 0 Å². The van der Waals surface area contributed by atoms with E-state index in [0.29, 0.717) is 29.1 Å². The van der Waals surface area contributed by atoms with E-state index in [1.165, 1.54) is 218 Å². The summed E-state index contributed by atoms with van der Waals surface area (Å²) in [7, 11) is 0. The Kier molecular flexibility index (Phi) is 23.2. The predicted molar refractivity (Wildman–Crippen MR) is 299 cm³/mol. The molecule has 10 rings (SSSR count). The van der Waals surface area contributed by atoms with Gasteiger partial charge in [-0.3, -0.25) is 9.80 Å². The third kappa shape index (κ3) is 16.0. The molecule has 0 bridgehead atoms. The first-order chi connectivity index (χ1) is 37.0. The molecular formula is C65H114N2O8. The molecule has 10 fully saturated rings. The highest BCUT2D eigenvalue weighted by atomic mass is 16.7. The Labute approximate surface area is 458 Å². The zero-order valence-corrected chi connectivity index (χ0v) is 48.4. The number of hydrogen-bond donors (Lipinski definition) is 0. The lowest BCUT2D eigenvalue weighted by Crippen LogP contribution is -2.55. The Hall–Kier alpha value is -0.400. The van der Waals surface area contributed by atoms with Crippen LogP contribution >= 0.6 is 0 Å². The maximum atomic E-state index is 6.40. The summed E-state index contributed by atoms with van der Waals surface area (Å²) in [4.78, 5) is 6.44. The van der Waals surface area contributed by atoms with Crippen molar-refractivity contribution in [1.29, 1.82) is 0 Å². The highest BCUT2D eigenvalue weighted by molar-refractivity contribution is 5.01. The lowest BCUT2D eigenvalue weighted by Gasteiger charge is -2.55. The molecule has 75 heavy (non-hydrogen) atoms. The highest BCUT2D eigenvalue weighted by Crippen LogP contribution is 2.55. The molecule has 0 aromatic rings. The quantitative estimate of drug-likeness (QED) is 0.105. The molecule has 4 saturated heterocycles. The Balaban J connectivity index is 0.747. The topological polar surface area (TPSA) is 80.3 Å². The van der Waals surface area contributed by atoms with E-state index < -0.39 is 0 Å². The smallest absolute Gasteiger partial charge is 0.157 e. The van der Waals surface area contributed by atoms with Crippen LogP contribution in [0.4, 0.5) is 0 Å². The molecule has 0 N–H and O–H groups in total. The van der Waals surface area contributed by atoms with Crippen LogP contribution in [0.25, 0.3) is 0 Å². The molecular weight excluding hydrogens is 937 g/mol. The Morgan fingerprint density at radius 1 is 0.293 bits per heavy atom. The van der Waals surface area contributed by atoms with Crippen molar-refractivity contribution in [3.8, 4) is 0 Å². The summed E-state index contributed by atoms with van der Waals surface area (Å²) in [5.41, 5.74) is 0.492. The van der Waals surface area contributed by atoms with E-state index in [1.54, 1.807) is 0 Å². The molecule has 0 radical (unpaired) electrons. The average molecular weight is 1050 g/mol. The molecule has 432 valence electrons. The maximum Gasteiger partial charge on any atom is 0.157 e. The van der Waals surface area contributed by atoms with Gasteiger partial charge < -0.3 is 37.9 Å². The van der Waals surface area contributed by atoms with E-state index in [4.69, 9.17) is 37.9 Å². The van der Waals surface area contributed by atoms with Crippen LogP contribution in [0.5, 0.6) is 0 Å². The van der Waals surface area contributed by atoms with Gasteiger partial charge in [0, 0.05) is 62.7 Å². The fourth-order valence-corrected chi connectivity index (χ4v) is 18.2. The van der Waals surface area contributed by atoms with Gasteiger partial charge in [-0.2, -0.15) is 0 Å². The van der Waals surface area contributed by atoms with Crippen LogP contribution in [-0.2, 0) is 37.9 Å². The zero-order chi connectivity index (χ0) is 51.1. The first-order valence-electron chi connectivity index (χ1n) is 33.5. The first kappa shape index (κ1) is 57.8. The van der Waals surface area contributed by atoms with Gasteiger partial charge in [-0.25, -0.2) is 0 Å². The molecule has 4 heterocycles. The monoisotopic (exact) mass is 1050 g/mol. The van der Waals surface area contributed by atoms with Crippen molar-refractivity contribution in [3.63, 3.8) is 0 Å². The standard InChI is InChI=1S/C65H114N2O8/c1-3-65(4-2,53-25-37-59(38-26-53)66(55-29-17-49(18-30-55)45-72-61-13-5-9-41-68-61)56-31-19-50(20-32-56)46-73-62-14-6-10-42-69-62)54-27-39-60(40-28-54)67(57-33-21-51(22-34-57)47-74-63-15-7-11-43-70-63)58-35-23-52(24-36-58)48-75-64-16-8-12-44-71-64/h49-64H,3-48H2,1-2H3. The molecule has 6 saturated carbocycles. The van der Waals surface area contributed by atoms with E-state index in [1.807, 2.05) is 0 Å². The molecule has 0 aromatic carbocycles. The molecule has 0 amide bonds. The van der Waals surface area contributed by atoms with E-state index in [-0.39, 0.29) is 25.2 Å². The summed E-state index contributed by atoms with van der Waals surface area (Å²) < 4.78 is 49.5. The van der Waals surface area contributed by atoms with Gasteiger partial charge >= 0.3 is 0 Å². The van der Waals surface area contributed by atoms with E-state index >= 15 is 0 Å². The fourth-order valence-electron chi connectivity index (χ4n) is 18.2. The van der Waals surface area contributed by atoms with Crippen molar-refractivity contribution in [2.24, 2.45) is 40.9 Å². The van der Waals surface area contributed by atoms with Gasteiger partial charge in [0.1, 0.15) is 0 Å². The molecule has 4 unspecified atom stereocenters. The Morgan fingerprint density at radius 2 is 0.520 bits per heavy atom. The van der Waals surface area contributed by atoms with Crippen LogP contribution < -0.4 is 0 Å². The van der Waals surface area contributed by atoms with Crippen molar-refractivity contribution in [1.82, 2.24) is 9.80 Å². The van der Waals surface area contributed by atoms with Crippen molar-refractivity contribution in [2.45, 2.75) is 319 Å². The van der Waals surface area contributed by atoms with Gasteiger partial charge in [0.05, 0.1) is 26.4 Å². The normalized spacial score (nSPS) is 40.2. The highest BCUT2D eigenvalue weighted by Gasteiger charge is 2.48. The van der Waals surface area contributed by atoms with E-state index in [2.05, 4.69) is 23.6 Å². The second-order valence-corrected chi connectivity index (χ2v) is 27.1. The van der Waals surface area contributed by atoms with E-state index in [9.17, 15) is 0 Å². The summed E-state index contributed by atoms with van der Waals surface area (Å²) in [6.07, 6.45) is 49.8. The molecule has 0 aromatic heterocycles. The fraction of sp³-hybridized carbons (Fsp3) is 1.00. The minimum atomic E-state index is 0.0428. The van der Waals surface area contributed by atoms with Crippen molar-refractivity contribution in [3.05, 3.63) is 0 Å². The predicted octanol–water partition coefficient (Wildman–Crippen LogP) is 14.9. The molecule has 6 aliphatic carbocycles. The second-order valence-electron chi connectivity index (χ2n) is 27.1. The van der Waals surface area contributed by atoms with Crippen LogP contribution in [0.1, 0.15) is 258 Å². The summed E-state index contributed by atoms with van der Waals surface area (Å²) >= 11 is 0. The lowest BCUT2D eigenvalue weighted by molar-refractivity contribution is -0.172. The van der Waals surface area contributed by atoms with Crippen LogP contribution in [0.2, 0.25) is 0 Å². The van der Waals surface area contributed by atoms with Gasteiger partial charge in [-0.1, -0.05) is 13.8 Å². The minimum Gasteiger partial charge on any atom is -0.353 e. The largest absolute Gasteiger partial charge is 0.353 e. The van der Waals surface area contributed by atoms with Crippen molar-refractivity contribution in [2.75, 3.05) is 52.9 Å². The molecule has 10 aliphatic rings. The van der Waals surface area contributed by atoms with Gasteiger partial charge in [0.25, 0.3) is 0 Å². The SMILES string of the molecule is CCC(CC)(C1CCC(N(C2CCC(COC3CCCCO3)CC2)C2CCC(COC3CCCCO3)CC2)CC1)C1CCC(N(C2CCC(COC3CCCCO3)CC2)C2CCC(COC3CCCCO3)CC2)CC1. The third-order valence-corrected chi connectivity index (χ3v) is 22.8. The van der Waals surface area contributed by atoms with Gasteiger partial charge in [0.15, 0.2) is 25.2 Å². The van der Waals surface area contributed by atoms with Crippen LogP contribution in [-0.4, -0.2) is 124 Å². The first-order valence-corrected chi connectivity index (χ1v) is 33.5. The van der Waals surface area contributed by atoms with Gasteiger partial charge in [-0.15, -0.1) is 0 Å². The van der Waals surface area contributed by atoms with Crippen molar-refractivity contribution >= 4 is 0 Å². The van der Waals surface area contributed by atoms with Crippen LogP contribution in [0, 0.1) is 40.9 Å². The minimum absolute atomic E-state index is 0.0428. The zero-order valence-electron chi connectivity index (χ0n) is 48.4. The Morgan fingerprint density at radius 3 is 0.720 bits per heavy atom. The number of hydrogen-bond acceptors (Lipinski definition) is 10. The van der Waals surface area contributed by atoms with Gasteiger partial charge in [0.2, 0.25) is 0 Å². The number of nitrogens with zero attached hydrogens (tertiary/aromatic N) is 2. The summed E-state index contributed by atoms with van der Waals surface area (Å²) in [6, 6.07) is 4.46. The molecule has 4 aliphatic heterocycles. The number of ether oxygens (including phenoxy) is 8. The summed E-state index contributed by atoms with van der Waals surface area (Å²) in [5.74, 6) is 4.53. The Bertz CT molecular complexity index is 1340. The summed E-state index contributed by atoms with van der Waals surface area (Å²) in [5, 5.41) is 0. The van der Waals surface area contributed by atoms with Crippen LogP contribution in [0.15, 0.2) is 0 Å². The average Bonchev–Trinajstić information content (AvgIpc) is 3.49. The van der Waals surface area contributed by atoms with E-state index in [0.717, 1.165) is 127 Å². The molecule has 0 spiro atoms. The van der Waals surface area contributed by atoms with Gasteiger partial charge in [-0.05, 0) is 285 Å². The number of rotatable bonds is 22. The lowest BCUT2D eigenvalue weighted by atomic mass is 9.55.